The van der Waals surface area contributed by atoms with Crippen LogP contribution in [0.3, 0.4) is 0 Å². The third-order valence-electron chi connectivity index (χ3n) is 4.56. The monoisotopic (exact) mass is 476 g/mol. The molecule has 1 aliphatic rings. The van der Waals surface area contributed by atoms with Gasteiger partial charge in [-0.15, -0.1) is 0 Å². The molecule has 1 atom stereocenters. The first-order valence-electron chi connectivity index (χ1n) is 8.68. The van der Waals surface area contributed by atoms with Crippen LogP contribution in [0.1, 0.15) is 13.3 Å². The number of hydrogen-bond donors (Lipinski definition) is 1. The van der Waals surface area contributed by atoms with E-state index >= 15 is 0 Å². The van der Waals surface area contributed by atoms with Gasteiger partial charge in [0.1, 0.15) is 4.60 Å². The molecule has 144 valence electrons. The summed E-state index contributed by atoms with van der Waals surface area (Å²) >= 11 is 4.99. The molecule has 0 spiro atoms. The van der Waals surface area contributed by atoms with E-state index in [0.717, 1.165) is 32.4 Å². The molecule has 0 radical (unpaired) electrons. The van der Waals surface area contributed by atoms with Gasteiger partial charge >= 0.3 is 0 Å². The second-order valence-corrected chi connectivity index (χ2v) is 9.79. The summed E-state index contributed by atoms with van der Waals surface area (Å²) in [7, 11) is -4.32. The zero-order chi connectivity index (χ0) is 19.9. The summed E-state index contributed by atoms with van der Waals surface area (Å²) < 4.78 is 35.2. The van der Waals surface area contributed by atoms with Gasteiger partial charge in [-0.2, -0.15) is 8.42 Å². The molecule has 0 bridgehead atoms. The minimum atomic E-state index is -4.32. The Hall–Kier alpha value is -1.87. The molecule has 8 heteroatoms. The molecule has 4 rings (SSSR count). The summed E-state index contributed by atoms with van der Waals surface area (Å²) in [5, 5.41) is -1.10. The van der Waals surface area contributed by atoms with Crippen LogP contribution in [0.25, 0.3) is 11.3 Å². The van der Waals surface area contributed by atoms with Crippen molar-refractivity contribution in [3.8, 4) is 11.3 Å². The third kappa shape index (κ3) is 3.45. The van der Waals surface area contributed by atoms with E-state index in [-0.39, 0.29) is 6.42 Å². The van der Waals surface area contributed by atoms with Gasteiger partial charge in [0.2, 0.25) is 0 Å². The van der Waals surface area contributed by atoms with E-state index in [2.05, 4.69) is 20.9 Å². The molecule has 2 heterocycles. The van der Waals surface area contributed by atoms with Gasteiger partial charge in [-0.3, -0.25) is 4.55 Å². The number of para-hydroxylation sites is 2. The Labute approximate surface area is 176 Å². The standard InChI is InChI=1S/C20H17BrN2O3S2/c1-2-19(28(24,25)26)23-15-9-3-4-10-16(15)27-17-11-5-7-13(20(17)23)14-8-6-12-18(21)22-14/h3-12,19H,2H2,1H3,(H,24,25,26). The van der Waals surface area contributed by atoms with Crippen LogP contribution in [0.5, 0.6) is 0 Å². The van der Waals surface area contributed by atoms with Gasteiger partial charge in [-0.05, 0) is 52.7 Å². The Morgan fingerprint density at radius 2 is 1.79 bits per heavy atom. The highest BCUT2D eigenvalue weighted by Gasteiger charge is 2.36. The summed E-state index contributed by atoms with van der Waals surface area (Å²) in [5.74, 6) is 0. The maximum Gasteiger partial charge on any atom is 0.286 e. The number of pyridine rings is 1. The highest BCUT2D eigenvalue weighted by Crippen LogP contribution is 2.52. The van der Waals surface area contributed by atoms with Crippen LogP contribution >= 0.6 is 27.7 Å². The quantitative estimate of drug-likeness (QED) is 0.382. The van der Waals surface area contributed by atoms with Gasteiger partial charge in [-0.1, -0.05) is 49.0 Å². The van der Waals surface area contributed by atoms with Crippen molar-refractivity contribution in [1.29, 1.82) is 0 Å². The van der Waals surface area contributed by atoms with E-state index < -0.39 is 15.5 Å². The largest absolute Gasteiger partial charge is 0.319 e. The van der Waals surface area contributed by atoms with E-state index in [1.165, 1.54) is 0 Å². The summed E-state index contributed by atoms with van der Waals surface area (Å²) in [5.41, 5.74) is 3.03. The number of benzene rings is 2. The second kappa shape index (κ2) is 7.51. The number of hydrogen-bond acceptors (Lipinski definition) is 5. The smallest absolute Gasteiger partial charge is 0.286 e. The molecule has 0 amide bonds. The minimum absolute atomic E-state index is 0.234. The first-order valence-corrected chi connectivity index (χ1v) is 11.8. The Kier molecular flexibility index (Phi) is 5.22. The normalized spacial score (nSPS) is 14.3. The zero-order valence-electron chi connectivity index (χ0n) is 14.9. The fourth-order valence-corrected chi connectivity index (χ4v) is 5.78. The maximum absolute atomic E-state index is 12.3. The number of rotatable bonds is 4. The first kappa shape index (κ1) is 19.4. The zero-order valence-corrected chi connectivity index (χ0v) is 18.1. The summed E-state index contributed by atoms with van der Waals surface area (Å²) in [4.78, 5) is 8.15. The van der Waals surface area contributed by atoms with Crippen LogP contribution in [0, 0.1) is 0 Å². The lowest BCUT2D eigenvalue weighted by Crippen LogP contribution is -2.39. The van der Waals surface area contributed by atoms with Crippen LogP contribution in [-0.4, -0.2) is 23.3 Å². The fourth-order valence-electron chi connectivity index (χ4n) is 3.43. The van der Waals surface area contributed by atoms with E-state index in [4.69, 9.17) is 0 Å². The van der Waals surface area contributed by atoms with Gasteiger partial charge in [0, 0.05) is 15.4 Å². The molecule has 5 nitrogen and oxygen atoms in total. The van der Waals surface area contributed by atoms with E-state index in [1.807, 2.05) is 60.7 Å². The van der Waals surface area contributed by atoms with Gasteiger partial charge in [0.15, 0.2) is 5.37 Å². The van der Waals surface area contributed by atoms with Crippen LogP contribution in [0.4, 0.5) is 11.4 Å². The van der Waals surface area contributed by atoms with Gasteiger partial charge in [-0.25, -0.2) is 4.98 Å². The number of aromatic nitrogens is 1. The van der Waals surface area contributed by atoms with Crippen molar-refractivity contribution >= 4 is 49.2 Å². The van der Waals surface area contributed by atoms with Crippen molar-refractivity contribution in [3.63, 3.8) is 0 Å². The van der Waals surface area contributed by atoms with E-state index in [1.54, 1.807) is 23.6 Å². The van der Waals surface area contributed by atoms with E-state index in [0.29, 0.717) is 4.60 Å². The predicted octanol–water partition coefficient (Wildman–Crippen LogP) is 5.74. The predicted molar refractivity (Wildman–Crippen MR) is 116 cm³/mol. The lowest BCUT2D eigenvalue weighted by Gasteiger charge is -2.38. The molecule has 1 unspecified atom stereocenters. The van der Waals surface area contributed by atoms with Gasteiger partial charge in [0.05, 0.1) is 17.1 Å². The van der Waals surface area contributed by atoms with Gasteiger partial charge in [0.25, 0.3) is 10.1 Å². The molecule has 2 aromatic carbocycles. The van der Waals surface area contributed by atoms with E-state index in [9.17, 15) is 13.0 Å². The van der Waals surface area contributed by atoms with Crippen molar-refractivity contribution in [2.75, 3.05) is 4.90 Å². The molecule has 1 N–H and O–H groups in total. The highest BCUT2D eigenvalue weighted by atomic mass is 79.9. The summed E-state index contributed by atoms with van der Waals surface area (Å²) in [6.45, 7) is 1.75. The molecule has 0 saturated carbocycles. The summed E-state index contributed by atoms with van der Waals surface area (Å²) in [6.07, 6.45) is 0.234. The maximum atomic E-state index is 12.3. The van der Waals surface area contributed by atoms with Crippen molar-refractivity contribution in [3.05, 3.63) is 65.3 Å². The SMILES string of the molecule is CCC(N1c2ccccc2Sc2cccc(-c3cccc(Br)n3)c21)S(=O)(=O)O. The summed E-state index contributed by atoms with van der Waals surface area (Å²) in [6, 6.07) is 19.1. The number of halogens is 1. The van der Waals surface area contributed by atoms with Crippen LogP contribution < -0.4 is 4.90 Å². The molecule has 1 aromatic heterocycles. The Balaban J connectivity index is 2.02. The van der Waals surface area contributed by atoms with Gasteiger partial charge < -0.3 is 4.90 Å². The lowest BCUT2D eigenvalue weighted by atomic mass is 10.1. The fraction of sp³-hybridized carbons (Fsp3) is 0.150. The molecule has 0 saturated heterocycles. The number of nitrogens with zero attached hydrogens (tertiary/aromatic N) is 2. The molecule has 28 heavy (non-hydrogen) atoms. The molecular weight excluding hydrogens is 460 g/mol. The molecule has 3 aromatic rings. The van der Waals surface area contributed by atoms with Crippen LogP contribution in [0.2, 0.25) is 0 Å². The van der Waals surface area contributed by atoms with Crippen molar-refractivity contribution in [2.24, 2.45) is 0 Å². The van der Waals surface area contributed by atoms with Crippen molar-refractivity contribution in [2.45, 2.75) is 28.5 Å². The molecular formula is C20H17BrN2O3S2. The number of fused-ring (bicyclic) bond motifs is 2. The topological polar surface area (TPSA) is 70.5 Å². The van der Waals surface area contributed by atoms with Crippen LogP contribution in [0.15, 0.2) is 75.1 Å². The first-order chi connectivity index (χ1) is 13.4. The molecule has 0 aliphatic carbocycles. The highest BCUT2D eigenvalue weighted by molar-refractivity contribution is 9.10. The average molecular weight is 477 g/mol. The molecule has 0 fully saturated rings. The Morgan fingerprint density at radius 3 is 2.50 bits per heavy atom. The molecule has 1 aliphatic heterocycles. The van der Waals surface area contributed by atoms with Crippen molar-refractivity contribution < 1.29 is 13.0 Å². The minimum Gasteiger partial charge on any atom is -0.319 e. The Morgan fingerprint density at radius 1 is 1.07 bits per heavy atom. The lowest BCUT2D eigenvalue weighted by molar-refractivity contribution is 0.464. The second-order valence-electron chi connectivity index (χ2n) is 6.32. The van der Waals surface area contributed by atoms with Crippen LogP contribution in [-0.2, 0) is 10.1 Å². The van der Waals surface area contributed by atoms with Crippen molar-refractivity contribution in [1.82, 2.24) is 4.98 Å². The average Bonchev–Trinajstić information content (AvgIpc) is 2.66. The Bertz CT molecular complexity index is 1150. The number of anilines is 2. The third-order valence-corrected chi connectivity index (χ3v) is 7.34.